The van der Waals surface area contributed by atoms with Crippen LogP contribution in [-0.4, -0.2) is 24.5 Å². The smallest absolute Gasteiger partial charge is 0.237 e. The highest BCUT2D eigenvalue weighted by Crippen LogP contribution is 2.33. The molecule has 1 heterocycles. The third-order valence-electron chi connectivity index (χ3n) is 3.59. The van der Waals surface area contributed by atoms with Crippen LogP contribution in [0.5, 0.6) is 0 Å². The molecule has 0 radical (unpaired) electrons. The van der Waals surface area contributed by atoms with E-state index in [9.17, 15) is 4.79 Å². The van der Waals surface area contributed by atoms with E-state index in [4.69, 9.17) is 0 Å². The summed E-state index contributed by atoms with van der Waals surface area (Å²) in [5.74, 6) is 1.46. The van der Waals surface area contributed by atoms with Crippen LogP contribution in [0.2, 0.25) is 0 Å². The highest BCUT2D eigenvalue weighted by molar-refractivity contribution is 5.83. The summed E-state index contributed by atoms with van der Waals surface area (Å²) in [6, 6.07) is 0.537. The summed E-state index contributed by atoms with van der Waals surface area (Å²) in [4.78, 5) is 11.8. The van der Waals surface area contributed by atoms with E-state index in [1.165, 1.54) is 12.8 Å². The van der Waals surface area contributed by atoms with Crippen molar-refractivity contribution in [3.05, 3.63) is 0 Å². The summed E-state index contributed by atoms with van der Waals surface area (Å²) < 4.78 is 0. The summed E-state index contributed by atoms with van der Waals surface area (Å²) in [6.07, 6.45) is 3.50. The molecule has 2 aliphatic rings. The number of amides is 1. The van der Waals surface area contributed by atoms with Gasteiger partial charge in [0.25, 0.3) is 0 Å². The summed E-state index contributed by atoms with van der Waals surface area (Å²) in [7, 11) is 0. The molecule has 0 aromatic carbocycles. The first-order valence-corrected chi connectivity index (χ1v) is 5.76. The van der Waals surface area contributed by atoms with Crippen LogP contribution in [0.25, 0.3) is 0 Å². The van der Waals surface area contributed by atoms with E-state index in [1.807, 2.05) is 0 Å². The average molecular weight is 196 g/mol. The molecule has 0 spiro atoms. The van der Waals surface area contributed by atoms with Crippen molar-refractivity contribution in [3.63, 3.8) is 0 Å². The molecule has 3 heteroatoms. The van der Waals surface area contributed by atoms with Gasteiger partial charge in [0.2, 0.25) is 5.91 Å². The Hall–Kier alpha value is -0.570. The molecule has 2 rings (SSSR count). The van der Waals surface area contributed by atoms with E-state index >= 15 is 0 Å². The molecule has 1 saturated heterocycles. The van der Waals surface area contributed by atoms with Gasteiger partial charge in [-0.2, -0.15) is 0 Å². The SMILES string of the molecule is CCC1CC1NC(=O)C1NCCC1C. The Morgan fingerprint density at radius 2 is 2.36 bits per heavy atom. The molecule has 80 valence electrons. The summed E-state index contributed by atoms with van der Waals surface area (Å²) in [6.45, 7) is 5.32. The zero-order valence-electron chi connectivity index (χ0n) is 9.05. The molecule has 0 aromatic heterocycles. The molecule has 1 amide bonds. The van der Waals surface area contributed by atoms with Crippen LogP contribution < -0.4 is 10.6 Å². The van der Waals surface area contributed by atoms with Gasteiger partial charge in [0, 0.05) is 6.04 Å². The van der Waals surface area contributed by atoms with Crippen LogP contribution in [0, 0.1) is 11.8 Å². The molecule has 1 aliphatic carbocycles. The third kappa shape index (κ3) is 1.92. The van der Waals surface area contributed by atoms with Crippen molar-refractivity contribution >= 4 is 5.91 Å². The topological polar surface area (TPSA) is 41.1 Å². The van der Waals surface area contributed by atoms with Gasteiger partial charge in [0.1, 0.15) is 0 Å². The first kappa shape index (κ1) is 9.97. The summed E-state index contributed by atoms with van der Waals surface area (Å²) in [5.41, 5.74) is 0. The number of carbonyl (C=O) groups excluding carboxylic acids is 1. The van der Waals surface area contributed by atoms with Gasteiger partial charge in [-0.25, -0.2) is 0 Å². The van der Waals surface area contributed by atoms with Gasteiger partial charge >= 0.3 is 0 Å². The monoisotopic (exact) mass is 196 g/mol. The van der Waals surface area contributed by atoms with Gasteiger partial charge in [-0.3, -0.25) is 4.79 Å². The number of carbonyl (C=O) groups is 1. The average Bonchev–Trinajstić information content (AvgIpc) is 2.77. The Bertz CT molecular complexity index is 229. The summed E-state index contributed by atoms with van der Waals surface area (Å²) in [5, 5.41) is 6.39. The van der Waals surface area contributed by atoms with Gasteiger partial charge in [-0.05, 0) is 31.2 Å². The predicted octanol–water partition coefficient (Wildman–Crippen LogP) is 0.899. The minimum Gasteiger partial charge on any atom is -0.352 e. The Labute approximate surface area is 85.6 Å². The number of nitrogens with one attached hydrogen (secondary N) is 2. The molecular weight excluding hydrogens is 176 g/mol. The number of rotatable bonds is 3. The fourth-order valence-electron chi connectivity index (χ4n) is 2.33. The molecule has 0 aromatic rings. The lowest BCUT2D eigenvalue weighted by atomic mass is 10.0. The Morgan fingerprint density at radius 1 is 1.57 bits per heavy atom. The molecule has 1 aliphatic heterocycles. The maximum absolute atomic E-state index is 11.8. The van der Waals surface area contributed by atoms with E-state index in [-0.39, 0.29) is 11.9 Å². The first-order chi connectivity index (χ1) is 6.72. The fraction of sp³-hybridized carbons (Fsp3) is 0.909. The van der Waals surface area contributed by atoms with Crippen molar-refractivity contribution < 1.29 is 4.79 Å². The molecule has 0 bridgehead atoms. The van der Waals surface area contributed by atoms with E-state index in [1.54, 1.807) is 0 Å². The Morgan fingerprint density at radius 3 is 2.86 bits per heavy atom. The normalized spacial score (nSPS) is 41.0. The summed E-state index contributed by atoms with van der Waals surface area (Å²) >= 11 is 0. The van der Waals surface area contributed by atoms with Crippen LogP contribution in [0.4, 0.5) is 0 Å². The highest BCUT2D eigenvalue weighted by Gasteiger charge is 2.39. The van der Waals surface area contributed by atoms with E-state index in [0.29, 0.717) is 12.0 Å². The third-order valence-corrected chi connectivity index (χ3v) is 3.59. The van der Waals surface area contributed by atoms with Crippen molar-refractivity contribution in [3.8, 4) is 0 Å². The second kappa shape index (κ2) is 3.89. The maximum Gasteiger partial charge on any atom is 0.237 e. The molecule has 4 unspecified atom stereocenters. The zero-order valence-corrected chi connectivity index (χ0v) is 9.05. The fourth-order valence-corrected chi connectivity index (χ4v) is 2.33. The Balaban J connectivity index is 1.78. The van der Waals surface area contributed by atoms with E-state index in [0.717, 1.165) is 18.9 Å². The minimum absolute atomic E-state index is 0.0631. The molecule has 3 nitrogen and oxygen atoms in total. The lowest BCUT2D eigenvalue weighted by molar-refractivity contribution is -0.123. The maximum atomic E-state index is 11.8. The van der Waals surface area contributed by atoms with Crippen molar-refractivity contribution in [2.75, 3.05) is 6.54 Å². The van der Waals surface area contributed by atoms with Crippen molar-refractivity contribution in [2.45, 2.75) is 45.2 Å². The van der Waals surface area contributed by atoms with Crippen LogP contribution in [0.15, 0.2) is 0 Å². The van der Waals surface area contributed by atoms with Crippen LogP contribution in [0.1, 0.15) is 33.1 Å². The van der Waals surface area contributed by atoms with Gasteiger partial charge in [0.15, 0.2) is 0 Å². The first-order valence-electron chi connectivity index (χ1n) is 5.76. The van der Waals surface area contributed by atoms with Gasteiger partial charge in [0.05, 0.1) is 6.04 Å². The van der Waals surface area contributed by atoms with Crippen LogP contribution in [0.3, 0.4) is 0 Å². The molecule has 4 atom stereocenters. The second-order valence-electron chi connectivity index (χ2n) is 4.72. The van der Waals surface area contributed by atoms with Crippen LogP contribution >= 0.6 is 0 Å². The zero-order chi connectivity index (χ0) is 10.1. The largest absolute Gasteiger partial charge is 0.352 e. The molecule has 2 N–H and O–H groups in total. The number of hydrogen-bond donors (Lipinski definition) is 2. The van der Waals surface area contributed by atoms with Gasteiger partial charge in [-0.15, -0.1) is 0 Å². The second-order valence-corrected chi connectivity index (χ2v) is 4.72. The predicted molar refractivity (Wildman–Crippen MR) is 55.9 cm³/mol. The minimum atomic E-state index is 0.0631. The molecule has 14 heavy (non-hydrogen) atoms. The molecule has 1 saturated carbocycles. The highest BCUT2D eigenvalue weighted by atomic mass is 16.2. The van der Waals surface area contributed by atoms with Crippen molar-refractivity contribution in [1.82, 2.24) is 10.6 Å². The molecular formula is C11H20N2O. The van der Waals surface area contributed by atoms with Crippen LogP contribution in [-0.2, 0) is 4.79 Å². The van der Waals surface area contributed by atoms with Crippen molar-refractivity contribution in [2.24, 2.45) is 11.8 Å². The quantitative estimate of drug-likeness (QED) is 0.704. The number of hydrogen-bond acceptors (Lipinski definition) is 2. The van der Waals surface area contributed by atoms with Crippen molar-refractivity contribution in [1.29, 1.82) is 0 Å². The van der Waals surface area contributed by atoms with Gasteiger partial charge < -0.3 is 10.6 Å². The van der Waals surface area contributed by atoms with E-state index < -0.39 is 0 Å². The Kier molecular flexibility index (Phi) is 2.77. The van der Waals surface area contributed by atoms with Gasteiger partial charge in [-0.1, -0.05) is 20.3 Å². The standard InChI is InChI=1S/C11H20N2O/c1-3-8-6-9(8)13-11(14)10-7(2)4-5-12-10/h7-10,12H,3-6H2,1-2H3,(H,13,14). The lowest BCUT2D eigenvalue weighted by Gasteiger charge is -2.15. The lowest BCUT2D eigenvalue weighted by Crippen LogP contribution is -2.44. The molecule has 2 fully saturated rings. The van der Waals surface area contributed by atoms with E-state index in [2.05, 4.69) is 24.5 Å².